The zero-order chi connectivity index (χ0) is 16.4. The summed E-state index contributed by atoms with van der Waals surface area (Å²) >= 11 is 0. The van der Waals surface area contributed by atoms with E-state index in [9.17, 15) is 31.1 Å². The van der Waals surface area contributed by atoms with Crippen LogP contribution in [0.15, 0.2) is 18.2 Å². The molecule has 0 heterocycles. The number of halogens is 7. The Balaban J connectivity index is 0.00000441. The molecule has 1 rings (SSSR count). The van der Waals surface area contributed by atoms with Gasteiger partial charge in [-0.1, -0.05) is 0 Å². The molecule has 0 bridgehead atoms. The van der Waals surface area contributed by atoms with Gasteiger partial charge in [-0.25, -0.2) is 0 Å². The maximum absolute atomic E-state index is 12.6. The summed E-state index contributed by atoms with van der Waals surface area (Å²) in [5.41, 5.74) is 2.08. The topological polar surface area (TPSA) is 52.3 Å². The summed E-state index contributed by atoms with van der Waals surface area (Å²) in [5.74, 6) is -0.930. The lowest BCUT2D eigenvalue weighted by molar-refractivity contribution is -0.143. The number of alkyl halides is 6. The average molecular weight is 352 g/mol. The Hall–Kier alpha value is -1.48. The summed E-state index contributed by atoms with van der Waals surface area (Å²) in [6.45, 7) is 0. The molecule has 0 spiro atoms. The van der Waals surface area contributed by atoms with Gasteiger partial charge in [0.05, 0.1) is 18.2 Å². The molecule has 126 valence electrons. The minimum Gasteiger partial charge on any atom is -0.468 e. The van der Waals surface area contributed by atoms with E-state index in [2.05, 4.69) is 4.74 Å². The molecule has 1 atom stereocenters. The fourth-order valence-electron chi connectivity index (χ4n) is 1.63. The van der Waals surface area contributed by atoms with Crippen molar-refractivity contribution in [3.05, 3.63) is 34.9 Å². The monoisotopic (exact) mass is 351 g/mol. The highest BCUT2D eigenvalue weighted by atomic mass is 35.5. The van der Waals surface area contributed by atoms with Crippen LogP contribution in [-0.4, -0.2) is 19.1 Å². The van der Waals surface area contributed by atoms with Crippen LogP contribution in [0.5, 0.6) is 0 Å². The summed E-state index contributed by atoms with van der Waals surface area (Å²) in [5, 5.41) is 0. The molecule has 0 aliphatic heterocycles. The van der Waals surface area contributed by atoms with Crippen LogP contribution in [0.1, 0.15) is 16.7 Å². The number of esters is 1. The van der Waals surface area contributed by atoms with Crippen molar-refractivity contribution in [2.45, 2.75) is 24.8 Å². The van der Waals surface area contributed by atoms with Crippen LogP contribution in [0.4, 0.5) is 26.3 Å². The van der Waals surface area contributed by atoms with Gasteiger partial charge in [-0.2, -0.15) is 26.3 Å². The van der Waals surface area contributed by atoms with E-state index in [1.165, 1.54) is 0 Å². The number of hydrogen-bond acceptors (Lipinski definition) is 3. The molecule has 22 heavy (non-hydrogen) atoms. The van der Waals surface area contributed by atoms with Crippen LogP contribution in [-0.2, 0) is 28.3 Å². The third kappa shape index (κ3) is 5.38. The summed E-state index contributed by atoms with van der Waals surface area (Å²) < 4.78 is 79.9. The summed E-state index contributed by atoms with van der Waals surface area (Å²) in [7, 11) is 1.01. The van der Waals surface area contributed by atoms with Gasteiger partial charge >= 0.3 is 18.3 Å². The zero-order valence-corrected chi connectivity index (χ0v) is 11.9. The summed E-state index contributed by atoms with van der Waals surface area (Å²) in [6.07, 6.45) is -10.4. The maximum Gasteiger partial charge on any atom is 0.416 e. The van der Waals surface area contributed by atoms with Crippen LogP contribution < -0.4 is 5.73 Å². The predicted molar refractivity (Wildman–Crippen MR) is 67.4 cm³/mol. The fraction of sp³-hybridized carbons (Fsp3) is 0.417. The van der Waals surface area contributed by atoms with Gasteiger partial charge in [0.15, 0.2) is 0 Å². The highest BCUT2D eigenvalue weighted by Gasteiger charge is 2.37. The smallest absolute Gasteiger partial charge is 0.416 e. The molecule has 0 aliphatic carbocycles. The minimum atomic E-state index is -4.94. The van der Waals surface area contributed by atoms with Gasteiger partial charge in [-0.15, -0.1) is 12.4 Å². The number of nitrogens with two attached hydrogens (primary N) is 1. The lowest BCUT2D eigenvalue weighted by Gasteiger charge is -2.15. The van der Waals surface area contributed by atoms with Crippen LogP contribution in [0, 0.1) is 0 Å². The molecule has 3 nitrogen and oxygen atoms in total. The van der Waals surface area contributed by atoms with Gasteiger partial charge < -0.3 is 10.5 Å². The first kappa shape index (κ1) is 20.5. The Morgan fingerprint density at radius 3 is 1.82 bits per heavy atom. The molecule has 0 radical (unpaired) electrons. The number of ether oxygens (including phenoxy) is 1. The lowest BCUT2D eigenvalue weighted by atomic mass is 10.00. The molecule has 0 amide bonds. The highest BCUT2D eigenvalue weighted by Crippen LogP contribution is 2.36. The van der Waals surface area contributed by atoms with Gasteiger partial charge in [0.25, 0.3) is 0 Å². The normalized spacial score (nSPS) is 13.3. The van der Waals surface area contributed by atoms with Crippen molar-refractivity contribution in [3.63, 3.8) is 0 Å². The molecular formula is C12H12ClF6NO2. The van der Waals surface area contributed by atoms with Gasteiger partial charge in [0.2, 0.25) is 0 Å². The van der Waals surface area contributed by atoms with E-state index in [-0.39, 0.29) is 24.0 Å². The van der Waals surface area contributed by atoms with E-state index in [1.54, 1.807) is 0 Å². The van der Waals surface area contributed by atoms with Gasteiger partial charge in [0.1, 0.15) is 6.04 Å². The largest absolute Gasteiger partial charge is 0.468 e. The van der Waals surface area contributed by atoms with E-state index in [0.29, 0.717) is 12.1 Å². The van der Waals surface area contributed by atoms with Crippen molar-refractivity contribution in [2.24, 2.45) is 5.73 Å². The van der Waals surface area contributed by atoms with E-state index >= 15 is 0 Å². The van der Waals surface area contributed by atoms with Crippen LogP contribution in [0.3, 0.4) is 0 Å². The third-order valence-corrected chi connectivity index (χ3v) is 2.61. The number of carbonyl (C=O) groups is 1. The van der Waals surface area contributed by atoms with Crippen LogP contribution in [0.25, 0.3) is 0 Å². The van der Waals surface area contributed by atoms with Crippen LogP contribution >= 0.6 is 12.4 Å². The maximum atomic E-state index is 12.6. The first-order valence-corrected chi connectivity index (χ1v) is 5.57. The second-order valence-corrected chi connectivity index (χ2v) is 4.25. The minimum absolute atomic E-state index is 0. The molecule has 0 saturated heterocycles. The molecule has 1 aromatic rings. The molecule has 0 aliphatic rings. The van der Waals surface area contributed by atoms with E-state index in [0.717, 1.165) is 7.11 Å². The molecule has 0 unspecified atom stereocenters. The Morgan fingerprint density at radius 1 is 1.09 bits per heavy atom. The molecule has 10 heteroatoms. The summed E-state index contributed by atoms with van der Waals surface area (Å²) in [6, 6.07) is -0.289. The number of hydrogen-bond donors (Lipinski definition) is 1. The van der Waals surface area contributed by atoms with Gasteiger partial charge in [-0.3, -0.25) is 4.79 Å². The Labute approximate surface area is 127 Å². The van der Waals surface area contributed by atoms with Crippen molar-refractivity contribution < 1.29 is 35.9 Å². The average Bonchev–Trinajstić information content (AvgIpc) is 2.35. The van der Waals surface area contributed by atoms with Crippen LogP contribution in [0.2, 0.25) is 0 Å². The third-order valence-electron chi connectivity index (χ3n) is 2.61. The molecular weight excluding hydrogens is 340 g/mol. The first-order valence-electron chi connectivity index (χ1n) is 5.57. The number of benzene rings is 1. The fourth-order valence-corrected chi connectivity index (χ4v) is 1.63. The Kier molecular flexibility index (Phi) is 6.70. The lowest BCUT2D eigenvalue weighted by Crippen LogP contribution is -2.33. The van der Waals surface area contributed by atoms with E-state index in [4.69, 9.17) is 5.73 Å². The first-order chi connectivity index (χ1) is 9.45. The highest BCUT2D eigenvalue weighted by molar-refractivity contribution is 5.85. The van der Waals surface area contributed by atoms with Gasteiger partial charge in [-0.05, 0) is 30.2 Å². The Bertz CT molecular complexity index is 497. The SMILES string of the molecule is COC(=O)[C@@H](N)Cc1cc(C(F)(F)F)cc(C(F)(F)F)c1.Cl. The van der Waals surface area contributed by atoms with Crippen molar-refractivity contribution in [2.75, 3.05) is 7.11 Å². The Morgan fingerprint density at radius 2 is 1.50 bits per heavy atom. The quantitative estimate of drug-likeness (QED) is 0.672. The van der Waals surface area contributed by atoms with Crippen molar-refractivity contribution in [1.29, 1.82) is 0 Å². The second kappa shape index (κ2) is 7.19. The predicted octanol–water partition coefficient (Wildman–Crippen LogP) is 3.19. The molecule has 0 aromatic heterocycles. The van der Waals surface area contributed by atoms with Gasteiger partial charge in [0, 0.05) is 0 Å². The second-order valence-electron chi connectivity index (χ2n) is 4.25. The standard InChI is InChI=1S/C12H11F6NO2.ClH/c1-21-10(20)9(19)4-6-2-7(11(13,14)15)5-8(3-6)12(16,17)18;/h2-3,5,9H,4,19H2,1H3;1H/t9-;/m0./s1. The molecule has 1 aromatic carbocycles. The van der Waals surface area contributed by atoms with Crippen molar-refractivity contribution >= 4 is 18.4 Å². The van der Waals surface area contributed by atoms with E-state index in [1.807, 2.05) is 0 Å². The number of methoxy groups -OCH3 is 1. The molecule has 2 N–H and O–H groups in total. The zero-order valence-electron chi connectivity index (χ0n) is 11.1. The van der Waals surface area contributed by atoms with Crippen molar-refractivity contribution in [3.8, 4) is 0 Å². The molecule has 0 fully saturated rings. The number of carbonyl (C=O) groups excluding carboxylic acids is 1. The van der Waals surface area contributed by atoms with E-state index < -0.39 is 41.9 Å². The molecule has 0 saturated carbocycles. The summed E-state index contributed by atoms with van der Waals surface area (Å²) in [4.78, 5) is 11.1. The number of rotatable bonds is 3. The van der Waals surface area contributed by atoms with Crippen molar-refractivity contribution in [1.82, 2.24) is 0 Å².